The van der Waals surface area contributed by atoms with Crippen molar-refractivity contribution in [2.24, 2.45) is 11.3 Å². The molecule has 5 nitrogen and oxygen atoms in total. The molecule has 2 aliphatic rings. The number of anilines is 1. The zero-order valence-corrected chi connectivity index (χ0v) is 14.9. The van der Waals surface area contributed by atoms with E-state index >= 15 is 0 Å². The molecule has 0 unspecified atom stereocenters. The maximum absolute atomic E-state index is 12.4. The average Bonchev–Trinajstić information content (AvgIpc) is 3.26. The van der Waals surface area contributed by atoms with E-state index in [0.717, 1.165) is 18.5 Å². The molecule has 0 atom stereocenters. The molecule has 0 bridgehead atoms. The van der Waals surface area contributed by atoms with E-state index in [4.69, 9.17) is 0 Å². The molecule has 126 valence electrons. The molecule has 23 heavy (non-hydrogen) atoms. The molecule has 2 heterocycles. The number of hydrogen-bond acceptors (Lipinski definition) is 4. The average molecular weight is 335 g/mol. The first-order valence-corrected chi connectivity index (χ1v) is 9.28. The SMILES string of the molecule is CC(C)(C)C(=O)N1CCC(C(=O)Nc2nc(C3CC3)cs2)CC1. The van der Waals surface area contributed by atoms with Crippen LogP contribution in [0.4, 0.5) is 5.13 Å². The van der Waals surface area contributed by atoms with Crippen molar-refractivity contribution in [1.82, 2.24) is 9.88 Å². The Labute approximate surface area is 141 Å². The largest absolute Gasteiger partial charge is 0.342 e. The number of aromatic nitrogens is 1. The van der Waals surface area contributed by atoms with Gasteiger partial charge >= 0.3 is 0 Å². The molecule has 1 aliphatic heterocycles. The first-order valence-electron chi connectivity index (χ1n) is 8.40. The molecule has 1 saturated heterocycles. The molecule has 1 aromatic heterocycles. The Morgan fingerprint density at radius 2 is 1.87 bits per heavy atom. The summed E-state index contributed by atoms with van der Waals surface area (Å²) in [6.45, 7) is 7.15. The highest BCUT2D eigenvalue weighted by Crippen LogP contribution is 2.41. The molecule has 1 aliphatic carbocycles. The summed E-state index contributed by atoms with van der Waals surface area (Å²) in [6.07, 6.45) is 3.90. The summed E-state index contributed by atoms with van der Waals surface area (Å²) in [7, 11) is 0. The summed E-state index contributed by atoms with van der Waals surface area (Å²) < 4.78 is 0. The van der Waals surface area contributed by atoms with E-state index in [2.05, 4.69) is 15.7 Å². The number of amides is 2. The summed E-state index contributed by atoms with van der Waals surface area (Å²) in [5.74, 6) is 0.811. The van der Waals surface area contributed by atoms with E-state index in [1.807, 2.05) is 25.7 Å². The molecule has 2 amide bonds. The van der Waals surface area contributed by atoms with E-state index < -0.39 is 0 Å². The highest BCUT2D eigenvalue weighted by Gasteiger charge is 2.33. The van der Waals surface area contributed by atoms with Gasteiger partial charge in [0.05, 0.1) is 5.69 Å². The zero-order chi connectivity index (χ0) is 16.6. The number of carbonyl (C=O) groups excluding carboxylic acids is 2. The van der Waals surface area contributed by atoms with Crippen molar-refractivity contribution in [2.45, 2.75) is 52.4 Å². The Hall–Kier alpha value is -1.43. The number of rotatable bonds is 3. The second-order valence-corrected chi connectivity index (χ2v) is 8.52. The Balaban J connectivity index is 1.50. The molecule has 0 aromatic carbocycles. The highest BCUT2D eigenvalue weighted by atomic mass is 32.1. The minimum absolute atomic E-state index is 0.0210. The first-order chi connectivity index (χ1) is 10.8. The van der Waals surface area contributed by atoms with Crippen LogP contribution < -0.4 is 5.32 Å². The number of hydrogen-bond donors (Lipinski definition) is 1. The third kappa shape index (κ3) is 3.91. The fourth-order valence-electron chi connectivity index (χ4n) is 2.94. The fourth-order valence-corrected chi connectivity index (χ4v) is 3.73. The van der Waals surface area contributed by atoms with Gasteiger partial charge in [-0.2, -0.15) is 0 Å². The lowest BCUT2D eigenvalue weighted by atomic mass is 9.91. The first kappa shape index (κ1) is 16.4. The van der Waals surface area contributed by atoms with Crippen molar-refractivity contribution >= 4 is 28.3 Å². The van der Waals surface area contributed by atoms with Crippen molar-refractivity contribution in [3.8, 4) is 0 Å². The standard InChI is InChI=1S/C17H25N3O2S/c1-17(2,3)15(22)20-8-6-12(7-9-20)14(21)19-16-18-13(10-23-16)11-4-5-11/h10-12H,4-9H2,1-3H3,(H,18,19,21). The highest BCUT2D eigenvalue weighted by molar-refractivity contribution is 7.13. The van der Waals surface area contributed by atoms with Gasteiger partial charge in [-0.1, -0.05) is 20.8 Å². The van der Waals surface area contributed by atoms with Gasteiger partial charge in [0.25, 0.3) is 0 Å². The van der Waals surface area contributed by atoms with Crippen LogP contribution in [0, 0.1) is 11.3 Å². The molecular weight excluding hydrogens is 310 g/mol. The minimum atomic E-state index is -0.352. The number of nitrogens with one attached hydrogen (secondary N) is 1. The summed E-state index contributed by atoms with van der Waals surface area (Å²) in [6, 6.07) is 0. The second-order valence-electron chi connectivity index (χ2n) is 7.66. The maximum atomic E-state index is 12.4. The van der Waals surface area contributed by atoms with Gasteiger partial charge in [-0.15, -0.1) is 11.3 Å². The lowest BCUT2D eigenvalue weighted by Gasteiger charge is -2.35. The quantitative estimate of drug-likeness (QED) is 0.922. The number of thiazole rings is 1. The van der Waals surface area contributed by atoms with E-state index in [0.29, 0.717) is 24.1 Å². The molecule has 0 spiro atoms. The van der Waals surface area contributed by atoms with Crippen LogP contribution in [0.5, 0.6) is 0 Å². The van der Waals surface area contributed by atoms with E-state index in [-0.39, 0.29) is 23.1 Å². The third-order valence-corrected chi connectivity index (χ3v) is 5.32. The Bertz CT molecular complexity index is 593. The van der Waals surface area contributed by atoms with Gasteiger partial charge < -0.3 is 10.2 Å². The molecule has 6 heteroatoms. The predicted octanol–water partition coefficient (Wildman–Crippen LogP) is 3.24. The molecule has 1 N–H and O–H groups in total. The van der Waals surface area contributed by atoms with Gasteiger partial charge in [-0.3, -0.25) is 9.59 Å². The predicted molar refractivity (Wildman–Crippen MR) is 91.5 cm³/mol. The van der Waals surface area contributed by atoms with Crippen LogP contribution in [-0.4, -0.2) is 34.8 Å². The van der Waals surface area contributed by atoms with Crippen LogP contribution in [0.15, 0.2) is 5.38 Å². The van der Waals surface area contributed by atoms with Gasteiger partial charge in [-0.25, -0.2) is 4.98 Å². The van der Waals surface area contributed by atoms with Crippen LogP contribution in [0.1, 0.15) is 58.1 Å². The van der Waals surface area contributed by atoms with Gasteiger partial charge in [0.15, 0.2) is 5.13 Å². The van der Waals surface area contributed by atoms with Gasteiger partial charge in [0.2, 0.25) is 11.8 Å². The summed E-state index contributed by atoms with van der Waals surface area (Å²) in [4.78, 5) is 31.1. The molecule has 1 saturated carbocycles. The topological polar surface area (TPSA) is 62.3 Å². The molecule has 0 radical (unpaired) electrons. The van der Waals surface area contributed by atoms with E-state index in [9.17, 15) is 9.59 Å². The van der Waals surface area contributed by atoms with Crippen LogP contribution in [0.3, 0.4) is 0 Å². The molecular formula is C17H25N3O2S. The number of carbonyl (C=O) groups is 2. The van der Waals surface area contributed by atoms with Crippen LogP contribution in [0.25, 0.3) is 0 Å². The van der Waals surface area contributed by atoms with Gasteiger partial charge in [-0.05, 0) is 25.7 Å². The van der Waals surface area contributed by atoms with Crippen LogP contribution in [-0.2, 0) is 9.59 Å². The van der Waals surface area contributed by atoms with Crippen LogP contribution in [0.2, 0.25) is 0 Å². The minimum Gasteiger partial charge on any atom is -0.342 e. The van der Waals surface area contributed by atoms with Crippen molar-refractivity contribution < 1.29 is 9.59 Å². The van der Waals surface area contributed by atoms with Gasteiger partial charge in [0, 0.05) is 35.7 Å². The smallest absolute Gasteiger partial charge is 0.229 e. The summed E-state index contributed by atoms with van der Waals surface area (Å²) in [5.41, 5.74) is 0.769. The molecule has 2 fully saturated rings. The monoisotopic (exact) mass is 335 g/mol. The Morgan fingerprint density at radius 1 is 1.22 bits per heavy atom. The summed E-state index contributed by atoms with van der Waals surface area (Å²) in [5, 5.41) is 5.72. The van der Waals surface area contributed by atoms with Crippen molar-refractivity contribution in [3.05, 3.63) is 11.1 Å². The van der Waals surface area contributed by atoms with Crippen molar-refractivity contribution in [3.63, 3.8) is 0 Å². The Morgan fingerprint density at radius 3 is 2.43 bits per heavy atom. The molecule has 1 aromatic rings. The van der Waals surface area contributed by atoms with Crippen LogP contribution >= 0.6 is 11.3 Å². The number of piperidine rings is 1. The van der Waals surface area contributed by atoms with E-state index in [1.165, 1.54) is 24.2 Å². The fraction of sp³-hybridized carbons (Fsp3) is 0.706. The van der Waals surface area contributed by atoms with E-state index in [1.54, 1.807) is 0 Å². The number of likely N-dealkylation sites (tertiary alicyclic amines) is 1. The lowest BCUT2D eigenvalue weighted by molar-refractivity contribution is -0.142. The maximum Gasteiger partial charge on any atom is 0.229 e. The summed E-state index contributed by atoms with van der Waals surface area (Å²) >= 11 is 1.51. The van der Waals surface area contributed by atoms with Crippen molar-refractivity contribution in [2.75, 3.05) is 18.4 Å². The van der Waals surface area contributed by atoms with Crippen molar-refractivity contribution in [1.29, 1.82) is 0 Å². The molecule has 3 rings (SSSR count). The zero-order valence-electron chi connectivity index (χ0n) is 14.1. The Kier molecular flexibility index (Phi) is 4.45. The second kappa shape index (κ2) is 6.23. The number of nitrogens with zero attached hydrogens (tertiary/aromatic N) is 2. The van der Waals surface area contributed by atoms with Gasteiger partial charge in [0.1, 0.15) is 0 Å². The normalized spacial score (nSPS) is 19.7. The lowest BCUT2D eigenvalue weighted by Crippen LogP contribution is -2.45. The third-order valence-electron chi connectivity index (χ3n) is 4.54.